The molecule has 0 saturated heterocycles. The van der Waals surface area contributed by atoms with E-state index in [-0.39, 0.29) is 5.91 Å². The lowest BCUT2D eigenvalue weighted by Crippen LogP contribution is -2.33. The highest BCUT2D eigenvalue weighted by Gasteiger charge is 2.15. The van der Waals surface area contributed by atoms with Crippen LogP contribution in [-0.4, -0.2) is 25.0 Å². The quantitative estimate of drug-likeness (QED) is 0.263. The molecule has 166 valence electrons. The molecular formula is C30H30N2O. The molecule has 0 aliphatic carbocycles. The Bertz CT molecular complexity index is 1290. The summed E-state index contributed by atoms with van der Waals surface area (Å²) in [7, 11) is 0. The van der Waals surface area contributed by atoms with Crippen LogP contribution in [0.1, 0.15) is 41.6 Å². The fraction of sp³-hybridized carbons (Fsp3) is 0.233. The molecule has 0 saturated carbocycles. The summed E-state index contributed by atoms with van der Waals surface area (Å²) in [6.45, 7) is 1.64. The van der Waals surface area contributed by atoms with Crippen molar-refractivity contribution in [2.24, 2.45) is 0 Å². The van der Waals surface area contributed by atoms with Crippen molar-refractivity contribution in [3.05, 3.63) is 102 Å². The third kappa shape index (κ3) is 5.15. The Morgan fingerprint density at radius 3 is 2.36 bits per heavy atom. The van der Waals surface area contributed by atoms with Crippen LogP contribution < -0.4 is 10.6 Å². The van der Waals surface area contributed by atoms with E-state index < -0.39 is 0 Å². The molecule has 4 aromatic carbocycles. The van der Waals surface area contributed by atoms with Gasteiger partial charge in [0, 0.05) is 24.7 Å². The SMILES string of the molecule is O=C(NCCCCC1CC(c2ccccc2)=CCN1)c1ccc2cc3ccccc3cc2c1. The minimum atomic E-state index is 0.00940. The van der Waals surface area contributed by atoms with Crippen LogP contribution in [0, 0.1) is 0 Å². The summed E-state index contributed by atoms with van der Waals surface area (Å²) in [4.78, 5) is 12.7. The number of carbonyl (C=O) groups is 1. The highest BCUT2D eigenvalue weighted by molar-refractivity contribution is 6.03. The standard InChI is InChI=1S/C30H30N2O/c33-30(27-14-13-25-18-23-10-4-5-11-24(23)19-28(25)20-27)32-16-7-6-12-29-21-26(15-17-31-29)22-8-2-1-3-9-22/h1-5,8-11,13-15,18-20,29,31H,6-7,12,16-17,21H2,(H,32,33). The van der Waals surface area contributed by atoms with Crippen LogP contribution in [0.2, 0.25) is 0 Å². The molecule has 1 atom stereocenters. The number of nitrogens with one attached hydrogen (secondary N) is 2. The highest BCUT2D eigenvalue weighted by Crippen LogP contribution is 2.25. The van der Waals surface area contributed by atoms with E-state index in [1.54, 1.807) is 0 Å². The number of amides is 1. The van der Waals surface area contributed by atoms with Crippen LogP contribution in [0.25, 0.3) is 27.1 Å². The lowest BCUT2D eigenvalue weighted by Gasteiger charge is -2.24. The molecule has 0 fully saturated rings. The fourth-order valence-electron chi connectivity index (χ4n) is 4.76. The van der Waals surface area contributed by atoms with Crippen molar-refractivity contribution in [2.45, 2.75) is 31.7 Å². The first-order valence-electron chi connectivity index (χ1n) is 11.9. The number of benzene rings is 4. The van der Waals surface area contributed by atoms with Gasteiger partial charge >= 0.3 is 0 Å². The second-order valence-corrected chi connectivity index (χ2v) is 8.92. The molecule has 1 aliphatic heterocycles. The van der Waals surface area contributed by atoms with E-state index in [2.05, 4.69) is 77.4 Å². The Hall–Kier alpha value is -3.43. The molecule has 0 aromatic heterocycles. The van der Waals surface area contributed by atoms with Gasteiger partial charge in [0.25, 0.3) is 5.91 Å². The van der Waals surface area contributed by atoms with Crippen molar-refractivity contribution in [1.82, 2.24) is 10.6 Å². The van der Waals surface area contributed by atoms with Gasteiger partial charge in [-0.15, -0.1) is 0 Å². The second-order valence-electron chi connectivity index (χ2n) is 8.92. The van der Waals surface area contributed by atoms with E-state index in [4.69, 9.17) is 0 Å². The predicted octanol–water partition coefficient (Wildman–Crippen LogP) is 6.34. The number of carbonyl (C=O) groups excluding carboxylic acids is 1. The lowest BCUT2D eigenvalue weighted by atomic mass is 9.93. The summed E-state index contributed by atoms with van der Waals surface area (Å²) in [5.41, 5.74) is 3.50. The molecule has 2 N–H and O–H groups in total. The van der Waals surface area contributed by atoms with Crippen LogP contribution in [0.5, 0.6) is 0 Å². The first-order chi connectivity index (χ1) is 16.3. The zero-order chi connectivity index (χ0) is 22.5. The molecular weight excluding hydrogens is 404 g/mol. The molecule has 0 spiro atoms. The molecule has 1 amide bonds. The fourth-order valence-corrected chi connectivity index (χ4v) is 4.76. The summed E-state index contributed by atoms with van der Waals surface area (Å²) in [5, 5.41) is 11.4. The van der Waals surface area contributed by atoms with Crippen molar-refractivity contribution in [1.29, 1.82) is 0 Å². The Balaban J connectivity index is 1.10. The topological polar surface area (TPSA) is 41.1 Å². The summed E-state index contributed by atoms with van der Waals surface area (Å²) < 4.78 is 0. The average Bonchev–Trinajstić information content (AvgIpc) is 2.87. The molecule has 0 bridgehead atoms. The van der Waals surface area contributed by atoms with Gasteiger partial charge in [-0.1, -0.05) is 73.2 Å². The van der Waals surface area contributed by atoms with Crippen LogP contribution in [0.3, 0.4) is 0 Å². The third-order valence-electron chi connectivity index (χ3n) is 6.60. The summed E-state index contributed by atoms with van der Waals surface area (Å²) >= 11 is 0. The van der Waals surface area contributed by atoms with E-state index in [1.807, 2.05) is 24.3 Å². The van der Waals surface area contributed by atoms with Crippen molar-refractivity contribution >= 4 is 33.0 Å². The molecule has 1 aliphatic rings. The highest BCUT2D eigenvalue weighted by atomic mass is 16.1. The van der Waals surface area contributed by atoms with Crippen LogP contribution in [0.4, 0.5) is 0 Å². The average molecular weight is 435 g/mol. The maximum absolute atomic E-state index is 12.7. The molecule has 5 rings (SSSR count). The first kappa shape index (κ1) is 21.4. The van der Waals surface area contributed by atoms with Gasteiger partial charge in [0.05, 0.1) is 0 Å². The smallest absolute Gasteiger partial charge is 0.251 e. The monoisotopic (exact) mass is 434 g/mol. The Kier molecular flexibility index (Phi) is 6.50. The third-order valence-corrected chi connectivity index (χ3v) is 6.60. The van der Waals surface area contributed by atoms with E-state index in [9.17, 15) is 4.79 Å². The predicted molar refractivity (Wildman–Crippen MR) is 138 cm³/mol. The molecule has 33 heavy (non-hydrogen) atoms. The second kappa shape index (κ2) is 10.0. The van der Waals surface area contributed by atoms with Gasteiger partial charge in [-0.25, -0.2) is 0 Å². The number of hydrogen-bond donors (Lipinski definition) is 2. The minimum Gasteiger partial charge on any atom is -0.352 e. The molecule has 1 heterocycles. The summed E-state index contributed by atoms with van der Waals surface area (Å²) in [6.07, 6.45) is 6.60. The number of rotatable bonds is 7. The Morgan fingerprint density at radius 2 is 1.55 bits per heavy atom. The van der Waals surface area contributed by atoms with Crippen LogP contribution in [-0.2, 0) is 0 Å². The largest absolute Gasteiger partial charge is 0.352 e. The van der Waals surface area contributed by atoms with Crippen molar-refractivity contribution in [2.75, 3.05) is 13.1 Å². The zero-order valence-corrected chi connectivity index (χ0v) is 18.9. The number of hydrogen-bond acceptors (Lipinski definition) is 2. The molecule has 3 nitrogen and oxygen atoms in total. The molecule has 1 unspecified atom stereocenters. The van der Waals surface area contributed by atoms with Gasteiger partial charge in [-0.2, -0.15) is 0 Å². The first-order valence-corrected chi connectivity index (χ1v) is 11.9. The Morgan fingerprint density at radius 1 is 0.818 bits per heavy atom. The lowest BCUT2D eigenvalue weighted by molar-refractivity contribution is 0.0953. The van der Waals surface area contributed by atoms with Gasteiger partial charge in [-0.05, 0) is 76.2 Å². The van der Waals surface area contributed by atoms with E-state index in [0.29, 0.717) is 12.6 Å². The van der Waals surface area contributed by atoms with Crippen LogP contribution >= 0.6 is 0 Å². The van der Waals surface area contributed by atoms with E-state index >= 15 is 0 Å². The zero-order valence-electron chi connectivity index (χ0n) is 18.9. The number of unbranched alkanes of at least 4 members (excludes halogenated alkanes) is 1. The Labute approximate surface area is 195 Å². The maximum Gasteiger partial charge on any atom is 0.251 e. The minimum absolute atomic E-state index is 0.00940. The van der Waals surface area contributed by atoms with E-state index in [1.165, 1.54) is 21.9 Å². The summed E-state index contributed by atoms with van der Waals surface area (Å²) in [6, 6.07) is 29.8. The normalized spacial score (nSPS) is 16.0. The molecule has 3 heteroatoms. The van der Waals surface area contributed by atoms with Gasteiger partial charge in [0.2, 0.25) is 0 Å². The molecule has 4 aromatic rings. The van der Waals surface area contributed by atoms with Gasteiger partial charge in [0.15, 0.2) is 0 Å². The van der Waals surface area contributed by atoms with Crippen molar-refractivity contribution < 1.29 is 4.79 Å². The van der Waals surface area contributed by atoms with Crippen LogP contribution in [0.15, 0.2) is 91.0 Å². The number of fused-ring (bicyclic) bond motifs is 2. The van der Waals surface area contributed by atoms with Gasteiger partial charge in [-0.3, -0.25) is 4.79 Å². The van der Waals surface area contributed by atoms with Crippen molar-refractivity contribution in [3.63, 3.8) is 0 Å². The van der Waals surface area contributed by atoms with E-state index in [0.717, 1.165) is 48.6 Å². The maximum atomic E-state index is 12.7. The van der Waals surface area contributed by atoms with Crippen molar-refractivity contribution in [3.8, 4) is 0 Å². The van der Waals surface area contributed by atoms with Gasteiger partial charge in [0.1, 0.15) is 0 Å². The molecule has 0 radical (unpaired) electrons. The summed E-state index contributed by atoms with van der Waals surface area (Å²) in [5.74, 6) is 0.00940. The van der Waals surface area contributed by atoms with Gasteiger partial charge < -0.3 is 10.6 Å².